The van der Waals surface area contributed by atoms with E-state index in [0.29, 0.717) is 0 Å². The lowest BCUT2D eigenvalue weighted by atomic mass is 10.3. The molecule has 16 heavy (non-hydrogen) atoms. The predicted molar refractivity (Wildman–Crippen MR) is 60.8 cm³/mol. The molecule has 1 N–H and O–H groups in total. The number of aromatic amines is 1. The summed E-state index contributed by atoms with van der Waals surface area (Å²) in [5.41, 5.74) is 3.62. The van der Waals surface area contributed by atoms with Crippen LogP contribution in [0.3, 0.4) is 0 Å². The van der Waals surface area contributed by atoms with E-state index in [0.717, 1.165) is 28.4 Å². The van der Waals surface area contributed by atoms with Gasteiger partial charge >= 0.3 is 0 Å². The first-order chi connectivity index (χ1) is 7.74. The number of fused-ring (bicyclic) bond motifs is 1. The van der Waals surface area contributed by atoms with Crippen molar-refractivity contribution in [3.8, 4) is 11.5 Å². The molecule has 0 aromatic carbocycles. The largest absolute Gasteiger partial charge is 0.334 e. The van der Waals surface area contributed by atoms with Gasteiger partial charge in [-0.05, 0) is 19.1 Å². The number of nitrogens with zero attached hydrogens (tertiary/aromatic N) is 4. The van der Waals surface area contributed by atoms with E-state index in [2.05, 4.69) is 20.1 Å². The van der Waals surface area contributed by atoms with Gasteiger partial charge in [0.1, 0.15) is 11.2 Å². The van der Waals surface area contributed by atoms with Gasteiger partial charge in [-0.2, -0.15) is 5.10 Å². The Bertz CT molecular complexity index is 649. The average molecular weight is 213 g/mol. The molecule has 0 spiro atoms. The molecule has 0 atom stereocenters. The van der Waals surface area contributed by atoms with Gasteiger partial charge in [0.2, 0.25) is 0 Å². The van der Waals surface area contributed by atoms with Gasteiger partial charge in [0.25, 0.3) is 0 Å². The summed E-state index contributed by atoms with van der Waals surface area (Å²) in [5.74, 6) is 0.784. The highest BCUT2D eigenvalue weighted by Crippen LogP contribution is 2.17. The van der Waals surface area contributed by atoms with E-state index in [1.807, 2.05) is 32.2 Å². The first-order valence-electron chi connectivity index (χ1n) is 5.06. The molecular formula is C11H11N5. The van der Waals surface area contributed by atoms with Crippen molar-refractivity contribution in [2.75, 3.05) is 0 Å². The zero-order valence-corrected chi connectivity index (χ0v) is 9.10. The average Bonchev–Trinajstić information content (AvgIpc) is 2.81. The van der Waals surface area contributed by atoms with Crippen LogP contribution >= 0.6 is 0 Å². The summed E-state index contributed by atoms with van der Waals surface area (Å²) in [6.07, 6.45) is 1.77. The van der Waals surface area contributed by atoms with Crippen molar-refractivity contribution >= 4 is 11.2 Å². The van der Waals surface area contributed by atoms with Crippen LogP contribution in [0, 0.1) is 6.92 Å². The van der Waals surface area contributed by atoms with Crippen LogP contribution in [0.5, 0.6) is 0 Å². The number of aromatic nitrogens is 5. The van der Waals surface area contributed by atoms with Crippen molar-refractivity contribution in [2.45, 2.75) is 6.92 Å². The molecule has 80 valence electrons. The second kappa shape index (κ2) is 3.16. The highest BCUT2D eigenvalue weighted by molar-refractivity contribution is 5.74. The molecule has 0 aliphatic carbocycles. The molecule has 3 aromatic heterocycles. The van der Waals surface area contributed by atoms with Gasteiger partial charge in [-0.1, -0.05) is 6.07 Å². The van der Waals surface area contributed by atoms with Crippen LogP contribution in [-0.2, 0) is 7.05 Å². The molecule has 0 saturated carbocycles. The third-order valence-electron chi connectivity index (χ3n) is 2.51. The van der Waals surface area contributed by atoms with Crippen LogP contribution in [0.25, 0.3) is 22.7 Å². The van der Waals surface area contributed by atoms with E-state index >= 15 is 0 Å². The minimum atomic E-state index is 0.784. The second-order valence-electron chi connectivity index (χ2n) is 3.76. The molecular weight excluding hydrogens is 202 g/mol. The highest BCUT2D eigenvalue weighted by atomic mass is 15.3. The minimum Gasteiger partial charge on any atom is -0.334 e. The first-order valence-corrected chi connectivity index (χ1v) is 5.06. The van der Waals surface area contributed by atoms with Crippen molar-refractivity contribution in [1.82, 2.24) is 24.7 Å². The second-order valence-corrected chi connectivity index (χ2v) is 3.76. The topological polar surface area (TPSA) is 59.4 Å². The van der Waals surface area contributed by atoms with Crippen LogP contribution in [0.1, 0.15) is 5.69 Å². The third-order valence-corrected chi connectivity index (χ3v) is 2.51. The van der Waals surface area contributed by atoms with Crippen LogP contribution in [0.15, 0.2) is 24.4 Å². The maximum Gasteiger partial charge on any atom is 0.176 e. The molecule has 3 rings (SSSR count). The summed E-state index contributed by atoms with van der Waals surface area (Å²) in [4.78, 5) is 12.1. The fraction of sp³-hybridized carbons (Fsp3) is 0.182. The zero-order valence-electron chi connectivity index (χ0n) is 9.10. The number of imidazole rings is 1. The van der Waals surface area contributed by atoms with Crippen molar-refractivity contribution in [3.63, 3.8) is 0 Å². The maximum absolute atomic E-state index is 4.47. The van der Waals surface area contributed by atoms with Gasteiger partial charge in [0, 0.05) is 12.7 Å². The molecule has 0 aliphatic rings. The number of hydrogen-bond acceptors (Lipinski definition) is 3. The van der Waals surface area contributed by atoms with Gasteiger partial charge in [-0.25, -0.2) is 14.6 Å². The van der Waals surface area contributed by atoms with Crippen molar-refractivity contribution in [2.24, 2.45) is 7.05 Å². The Morgan fingerprint density at radius 1 is 1.25 bits per heavy atom. The fourth-order valence-electron chi connectivity index (χ4n) is 1.71. The quantitative estimate of drug-likeness (QED) is 0.668. The zero-order chi connectivity index (χ0) is 11.1. The molecule has 3 aromatic rings. The van der Waals surface area contributed by atoms with Gasteiger partial charge in [-0.3, -0.25) is 0 Å². The lowest BCUT2D eigenvalue weighted by Crippen LogP contribution is -1.91. The Kier molecular flexibility index (Phi) is 1.80. The van der Waals surface area contributed by atoms with E-state index in [-0.39, 0.29) is 0 Å². The Labute approximate surface area is 92.2 Å². The molecule has 5 heteroatoms. The first kappa shape index (κ1) is 9.08. The van der Waals surface area contributed by atoms with E-state index in [4.69, 9.17) is 0 Å². The Morgan fingerprint density at radius 2 is 2.12 bits per heavy atom. The lowest BCUT2D eigenvalue weighted by Gasteiger charge is -1.96. The number of nitrogens with one attached hydrogen (secondary N) is 1. The van der Waals surface area contributed by atoms with E-state index in [1.54, 1.807) is 10.9 Å². The van der Waals surface area contributed by atoms with Gasteiger partial charge < -0.3 is 4.98 Å². The number of pyridine rings is 1. The summed E-state index contributed by atoms with van der Waals surface area (Å²) in [5, 5.41) is 4.11. The number of rotatable bonds is 1. The van der Waals surface area contributed by atoms with Crippen LogP contribution in [0.2, 0.25) is 0 Å². The molecule has 0 aliphatic heterocycles. The van der Waals surface area contributed by atoms with Crippen LogP contribution < -0.4 is 0 Å². The summed E-state index contributed by atoms with van der Waals surface area (Å²) >= 11 is 0. The molecule has 0 radical (unpaired) electrons. The van der Waals surface area contributed by atoms with Crippen LogP contribution in [-0.4, -0.2) is 24.7 Å². The smallest absolute Gasteiger partial charge is 0.176 e. The van der Waals surface area contributed by atoms with Crippen LogP contribution in [0.4, 0.5) is 0 Å². The molecule has 0 unspecified atom stereocenters. The third kappa shape index (κ3) is 1.29. The molecule has 0 saturated heterocycles. The highest BCUT2D eigenvalue weighted by Gasteiger charge is 2.09. The maximum atomic E-state index is 4.47. The fourth-order valence-corrected chi connectivity index (χ4v) is 1.71. The van der Waals surface area contributed by atoms with Gasteiger partial charge in [-0.15, -0.1) is 0 Å². The number of aryl methyl sites for hydroxylation is 2. The normalized spacial score (nSPS) is 11.1. The lowest BCUT2D eigenvalue weighted by molar-refractivity contribution is 0.786. The summed E-state index contributed by atoms with van der Waals surface area (Å²) in [6, 6.07) is 5.88. The number of H-pyrrole nitrogens is 1. The Balaban J connectivity index is 2.19. The molecule has 3 heterocycles. The van der Waals surface area contributed by atoms with Crippen molar-refractivity contribution in [3.05, 3.63) is 30.1 Å². The van der Waals surface area contributed by atoms with Crippen molar-refractivity contribution < 1.29 is 0 Å². The molecule has 0 fully saturated rings. The SMILES string of the molecule is Cc1cccc(-c2nc3c(cnn3C)[nH]2)n1. The predicted octanol–water partition coefficient (Wildman–Crippen LogP) is 1.67. The van der Waals surface area contributed by atoms with Crippen molar-refractivity contribution in [1.29, 1.82) is 0 Å². The molecule has 5 nitrogen and oxygen atoms in total. The molecule has 0 bridgehead atoms. The van der Waals surface area contributed by atoms with E-state index in [9.17, 15) is 0 Å². The van der Waals surface area contributed by atoms with Gasteiger partial charge in [0.05, 0.1) is 6.20 Å². The Morgan fingerprint density at radius 3 is 2.88 bits per heavy atom. The number of hydrogen-bond donors (Lipinski definition) is 1. The monoisotopic (exact) mass is 213 g/mol. The minimum absolute atomic E-state index is 0.784. The van der Waals surface area contributed by atoms with E-state index in [1.165, 1.54) is 0 Å². The van der Waals surface area contributed by atoms with Gasteiger partial charge in [0.15, 0.2) is 11.5 Å². The summed E-state index contributed by atoms with van der Waals surface area (Å²) in [7, 11) is 1.87. The standard InChI is InChI=1S/C11H11N5/c1-7-4-3-5-8(13-7)10-14-9-6-12-16(2)11(9)15-10/h3-6H,1-2H3,(H,14,15). The van der Waals surface area contributed by atoms with E-state index < -0.39 is 0 Å². The summed E-state index contributed by atoms with van der Waals surface area (Å²) in [6.45, 7) is 1.97. The Hall–Kier alpha value is -2.17. The molecule has 0 amide bonds. The summed E-state index contributed by atoms with van der Waals surface area (Å²) < 4.78 is 1.74.